The van der Waals surface area contributed by atoms with E-state index in [-0.39, 0.29) is 11.3 Å². The first kappa shape index (κ1) is 15.4. The molecule has 3 rings (SSSR count). The largest absolute Gasteiger partial charge is 0.455 e. The van der Waals surface area contributed by atoms with Crippen molar-refractivity contribution >= 4 is 28.3 Å². The number of hydrogen-bond acceptors (Lipinski definition) is 5. The van der Waals surface area contributed by atoms with Gasteiger partial charge in [0.25, 0.3) is 11.6 Å². The van der Waals surface area contributed by atoms with E-state index in [4.69, 9.17) is 4.42 Å². The fraction of sp³-hybridized carbons (Fsp3) is 0.0588. The molecule has 0 atom stereocenters. The zero-order valence-corrected chi connectivity index (χ0v) is 12.7. The van der Waals surface area contributed by atoms with Crippen LogP contribution in [-0.4, -0.2) is 16.5 Å². The van der Waals surface area contributed by atoms with Crippen molar-refractivity contribution in [3.05, 3.63) is 76.0 Å². The second-order valence-corrected chi connectivity index (χ2v) is 5.09. The van der Waals surface area contributed by atoms with Gasteiger partial charge in [-0.25, -0.2) is 5.43 Å². The van der Waals surface area contributed by atoms with Crippen molar-refractivity contribution in [1.29, 1.82) is 0 Å². The van der Waals surface area contributed by atoms with Crippen molar-refractivity contribution in [3.63, 3.8) is 0 Å². The van der Waals surface area contributed by atoms with Gasteiger partial charge in [0.2, 0.25) is 0 Å². The zero-order chi connectivity index (χ0) is 17.1. The Hall–Kier alpha value is -3.48. The summed E-state index contributed by atoms with van der Waals surface area (Å²) in [4.78, 5) is 22.1. The van der Waals surface area contributed by atoms with Gasteiger partial charge in [-0.1, -0.05) is 18.2 Å². The van der Waals surface area contributed by atoms with Crippen LogP contribution in [-0.2, 0) is 0 Å². The van der Waals surface area contributed by atoms with E-state index < -0.39 is 10.8 Å². The van der Waals surface area contributed by atoms with E-state index in [0.29, 0.717) is 11.5 Å². The summed E-state index contributed by atoms with van der Waals surface area (Å²) >= 11 is 0. The summed E-state index contributed by atoms with van der Waals surface area (Å²) in [6.45, 7) is 1.72. The Morgan fingerprint density at radius 3 is 2.54 bits per heavy atom. The number of nitro groups is 1. The number of non-ortho nitro benzene ring substituents is 1. The number of carbonyl (C=O) groups is 1. The molecule has 3 aromatic rings. The molecule has 0 saturated carbocycles. The second-order valence-electron chi connectivity index (χ2n) is 5.09. The Morgan fingerprint density at radius 2 is 1.88 bits per heavy atom. The Balaban J connectivity index is 1.74. The number of nitrogens with one attached hydrogen (secondary N) is 1. The highest BCUT2D eigenvalue weighted by Gasteiger charge is 2.10. The van der Waals surface area contributed by atoms with E-state index in [1.54, 1.807) is 6.92 Å². The van der Waals surface area contributed by atoms with Crippen LogP contribution >= 0.6 is 0 Å². The van der Waals surface area contributed by atoms with Crippen molar-refractivity contribution in [2.24, 2.45) is 5.10 Å². The fourth-order valence-corrected chi connectivity index (χ4v) is 2.15. The van der Waals surface area contributed by atoms with Gasteiger partial charge in [0, 0.05) is 23.1 Å². The Labute approximate surface area is 136 Å². The third kappa shape index (κ3) is 3.14. The molecule has 24 heavy (non-hydrogen) atoms. The first-order valence-corrected chi connectivity index (χ1v) is 7.12. The molecule has 7 nitrogen and oxygen atoms in total. The molecule has 0 aliphatic heterocycles. The molecule has 120 valence electrons. The molecule has 1 N–H and O–H groups in total. The maximum atomic E-state index is 12.0. The lowest BCUT2D eigenvalue weighted by Gasteiger charge is -2.01. The lowest BCUT2D eigenvalue weighted by Crippen LogP contribution is -2.19. The number of benzene rings is 2. The van der Waals surface area contributed by atoms with Gasteiger partial charge in [-0.05, 0) is 31.2 Å². The summed E-state index contributed by atoms with van der Waals surface area (Å²) in [5.74, 6) is 0.0977. The van der Waals surface area contributed by atoms with Crippen LogP contribution < -0.4 is 5.43 Å². The summed E-state index contributed by atoms with van der Waals surface area (Å²) in [7, 11) is 0. The molecule has 2 aromatic carbocycles. The highest BCUT2D eigenvalue weighted by Crippen LogP contribution is 2.19. The van der Waals surface area contributed by atoms with Crippen molar-refractivity contribution in [3.8, 4) is 0 Å². The average Bonchev–Trinajstić information content (AvgIpc) is 3.03. The van der Waals surface area contributed by atoms with E-state index in [1.807, 2.05) is 30.3 Å². The van der Waals surface area contributed by atoms with Crippen molar-refractivity contribution < 1.29 is 14.1 Å². The Bertz CT molecular complexity index is 909. The summed E-state index contributed by atoms with van der Waals surface area (Å²) in [5.41, 5.74) is 3.87. The molecule has 1 aromatic heterocycles. The van der Waals surface area contributed by atoms with Crippen molar-refractivity contribution in [2.75, 3.05) is 0 Å². The van der Waals surface area contributed by atoms with E-state index >= 15 is 0 Å². The average molecular weight is 323 g/mol. The third-order valence-corrected chi connectivity index (χ3v) is 3.45. The second kappa shape index (κ2) is 6.33. The normalized spacial score (nSPS) is 11.5. The van der Waals surface area contributed by atoms with E-state index in [9.17, 15) is 14.9 Å². The molecular weight excluding hydrogens is 310 g/mol. The molecule has 0 fully saturated rings. The van der Waals surface area contributed by atoms with E-state index in [2.05, 4.69) is 10.5 Å². The van der Waals surface area contributed by atoms with Crippen LogP contribution in [0.3, 0.4) is 0 Å². The smallest absolute Gasteiger partial charge is 0.271 e. The molecule has 0 aliphatic carbocycles. The lowest BCUT2D eigenvalue weighted by atomic mass is 10.2. The Morgan fingerprint density at radius 1 is 1.17 bits per heavy atom. The SMILES string of the molecule is CC(=NNC(=O)c1ccc([N+](=O)[O-])cc1)c1cc2ccccc2o1. The number of hydrogen-bond donors (Lipinski definition) is 1. The standard InChI is InChI=1S/C17H13N3O4/c1-11(16-10-13-4-2-3-5-15(13)24-16)18-19-17(21)12-6-8-14(9-7-12)20(22)23/h2-10H,1H3,(H,19,21). The molecule has 0 bridgehead atoms. The number of nitrogens with zero attached hydrogens (tertiary/aromatic N) is 2. The number of para-hydroxylation sites is 1. The third-order valence-electron chi connectivity index (χ3n) is 3.45. The number of amides is 1. The number of furan rings is 1. The summed E-state index contributed by atoms with van der Waals surface area (Å²) in [6.07, 6.45) is 0. The van der Waals surface area contributed by atoms with Crippen LogP contribution in [0.4, 0.5) is 5.69 Å². The van der Waals surface area contributed by atoms with Crippen LogP contribution in [0.15, 0.2) is 64.1 Å². The highest BCUT2D eigenvalue weighted by molar-refractivity contribution is 6.01. The number of hydrazone groups is 1. The first-order valence-electron chi connectivity index (χ1n) is 7.12. The lowest BCUT2D eigenvalue weighted by molar-refractivity contribution is -0.384. The van der Waals surface area contributed by atoms with E-state index in [1.165, 1.54) is 24.3 Å². The van der Waals surface area contributed by atoms with Crippen LogP contribution in [0.2, 0.25) is 0 Å². The van der Waals surface area contributed by atoms with Gasteiger partial charge >= 0.3 is 0 Å². The molecule has 0 aliphatic rings. The summed E-state index contributed by atoms with van der Waals surface area (Å²) in [5, 5.41) is 15.6. The zero-order valence-electron chi connectivity index (χ0n) is 12.7. The quantitative estimate of drug-likeness (QED) is 0.451. The Kier molecular flexibility index (Phi) is 4.07. The maximum absolute atomic E-state index is 12.0. The molecule has 0 spiro atoms. The first-order chi connectivity index (χ1) is 11.5. The predicted octanol–water partition coefficient (Wildman–Crippen LogP) is 3.50. The number of fused-ring (bicyclic) bond motifs is 1. The van der Waals surface area contributed by atoms with Gasteiger partial charge in [0.15, 0.2) is 5.76 Å². The fourth-order valence-electron chi connectivity index (χ4n) is 2.15. The van der Waals surface area contributed by atoms with E-state index in [0.717, 1.165) is 11.0 Å². The number of carbonyl (C=O) groups excluding carboxylic acids is 1. The van der Waals surface area contributed by atoms with Crippen LogP contribution in [0.5, 0.6) is 0 Å². The molecule has 0 radical (unpaired) electrons. The topological polar surface area (TPSA) is 97.7 Å². The summed E-state index contributed by atoms with van der Waals surface area (Å²) in [6, 6.07) is 14.7. The van der Waals surface area contributed by atoms with Crippen LogP contribution in [0, 0.1) is 10.1 Å². The van der Waals surface area contributed by atoms with Crippen molar-refractivity contribution in [2.45, 2.75) is 6.92 Å². The van der Waals surface area contributed by atoms with Gasteiger partial charge < -0.3 is 4.42 Å². The maximum Gasteiger partial charge on any atom is 0.271 e. The van der Waals surface area contributed by atoms with Crippen LogP contribution in [0.25, 0.3) is 11.0 Å². The highest BCUT2D eigenvalue weighted by atomic mass is 16.6. The number of nitro benzene ring substituents is 1. The summed E-state index contributed by atoms with van der Waals surface area (Å²) < 4.78 is 5.65. The van der Waals surface area contributed by atoms with Crippen molar-refractivity contribution in [1.82, 2.24) is 5.43 Å². The molecule has 7 heteroatoms. The number of rotatable bonds is 4. The minimum atomic E-state index is -0.522. The van der Waals surface area contributed by atoms with Crippen LogP contribution in [0.1, 0.15) is 23.0 Å². The molecular formula is C17H13N3O4. The minimum absolute atomic E-state index is 0.0755. The predicted molar refractivity (Wildman–Crippen MR) is 89.0 cm³/mol. The monoisotopic (exact) mass is 323 g/mol. The van der Waals surface area contributed by atoms with Gasteiger partial charge in [-0.3, -0.25) is 14.9 Å². The molecule has 0 unspecified atom stereocenters. The molecule has 0 saturated heterocycles. The van der Waals surface area contributed by atoms with Gasteiger partial charge in [0.05, 0.1) is 4.92 Å². The van der Waals surface area contributed by atoms with Gasteiger partial charge in [0.1, 0.15) is 11.3 Å². The minimum Gasteiger partial charge on any atom is -0.455 e. The van der Waals surface area contributed by atoms with Gasteiger partial charge in [-0.2, -0.15) is 5.10 Å². The molecule has 1 amide bonds. The van der Waals surface area contributed by atoms with Gasteiger partial charge in [-0.15, -0.1) is 0 Å². The molecule has 1 heterocycles.